The molecular formula is C15H11ClN4O4S. The number of hydrogen-bond donors (Lipinski definition) is 1. The van der Waals surface area contributed by atoms with E-state index in [1.807, 2.05) is 0 Å². The number of methoxy groups -OCH3 is 1. The fourth-order valence-electron chi connectivity index (χ4n) is 2.32. The molecule has 0 spiro atoms. The fourth-order valence-corrected chi connectivity index (χ4v) is 3.57. The highest BCUT2D eigenvalue weighted by atomic mass is 35.5. The van der Waals surface area contributed by atoms with Crippen LogP contribution in [0.1, 0.15) is 15.2 Å². The number of nitrogens with one attached hydrogen (secondary N) is 1. The Morgan fingerprint density at radius 1 is 1.40 bits per heavy atom. The van der Waals surface area contributed by atoms with E-state index in [-0.39, 0.29) is 10.7 Å². The summed E-state index contributed by atoms with van der Waals surface area (Å²) in [6, 6.07) is 4.35. The van der Waals surface area contributed by atoms with E-state index in [1.165, 1.54) is 36.9 Å². The molecule has 25 heavy (non-hydrogen) atoms. The van der Waals surface area contributed by atoms with E-state index >= 15 is 0 Å². The lowest BCUT2D eigenvalue weighted by molar-refractivity contribution is -0.384. The highest BCUT2D eigenvalue weighted by Crippen LogP contribution is 2.35. The maximum atomic E-state index is 11.9. The fraction of sp³-hybridized carbons (Fsp3) is 0.133. The van der Waals surface area contributed by atoms with E-state index in [0.29, 0.717) is 32.2 Å². The van der Waals surface area contributed by atoms with Crippen molar-refractivity contribution in [1.82, 2.24) is 9.97 Å². The van der Waals surface area contributed by atoms with Gasteiger partial charge in [0.1, 0.15) is 26.9 Å². The quantitative estimate of drug-likeness (QED) is 0.413. The molecule has 10 heteroatoms. The van der Waals surface area contributed by atoms with E-state index in [1.54, 1.807) is 13.0 Å². The first-order valence-electron chi connectivity index (χ1n) is 6.95. The van der Waals surface area contributed by atoms with Crippen LogP contribution < -0.4 is 5.32 Å². The SMILES string of the molecule is COC(=O)c1sc2ncnc(Nc3ccc(Cl)c([N+](=O)[O-])c3)c2c1C. The molecule has 0 radical (unpaired) electrons. The van der Waals surface area contributed by atoms with Crippen molar-refractivity contribution in [3.8, 4) is 0 Å². The molecule has 0 amide bonds. The number of nitrogens with zero attached hydrogens (tertiary/aromatic N) is 3. The Labute approximate surface area is 150 Å². The zero-order valence-corrected chi connectivity index (χ0v) is 14.6. The number of anilines is 2. The van der Waals surface area contributed by atoms with E-state index in [2.05, 4.69) is 15.3 Å². The third kappa shape index (κ3) is 3.11. The van der Waals surface area contributed by atoms with Gasteiger partial charge < -0.3 is 10.1 Å². The number of carbonyl (C=O) groups excluding carboxylic acids is 1. The van der Waals surface area contributed by atoms with Crippen LogP contribution in [0.15, 0.2) is 24.5 Å². The van der Waals surface area contributed by atoms with Crippen LogP contribution in [0.3, 0.4) is 0 Å². The molecule has 3 rings (SSSR count). The summed E-state index contributed by atoms with van der Waals surface area (Å²) < 4.78 is 4.77. The van der Waals surface area contributed by atoms with Gasteiger partial charge in [0.15, 0.2) is 0 Å². The van der Waals surface area contributed by atoms with Crippen LogP contribution in [0.5, 0.6) is 0 Å². The van der Waals surface area contributed by atoms with Gasteiger partial charge in [-0.25, -0.2) is 14.8 Å². The van der Waals surface area contributed by atoms with Gasteiger partial charge in [0.05, 0.1) is 17.4 Å². The van der Waals surface area contributed by atoms with Crippen molar-refractivity contribution >= 4 is 56.3 Å². The van der Waals surface area contributed by atoms with Gasteiger partial charge in [-0.3, -0.25) is 10.1 Å². The minimum Gasteiger partial charge on any atom is -0.465 e. The van der Waals surface area contributed by atoms with Gasteiger partial charge in [-0.2, -0.15) is 0 Å². The normalized spacial score (nSPS) is 10.7. The topological polar surface area (TPSA) is 107 Å². The average molecular weight is 379 g/mol. The van der Waals surface area contributed by atoms with Gasteiger partial charge >= 0.3 is 5.97 Å². The highest BCUT2D eigenvalue weighted by molar-refractivity contribution is 7.20. The summed E-state index contributed by atoms with van der Waals surface area (Å²) in [6.45, 7) is 1.77. The van der Waals surface area contributed by atoms with Crippen LogP contribution in [0.2, 0.25) is 5.02 Å². The lowest BCUT2D eigenvalue weighted by Crippen LogP contribution is -2.00. The second-order valence-electron chi connectivity index (χ2n) is 5.00. The predicted octanol–water partition coefficient (Wildman–Crippen LogP) is 4.09. The Bertz CT molecular complexity index is 1000. The number of ether oxygens (including phenoxy) is 1. The number of hydrogen-bond acceptors (Lipinski definition) is 8. The van der Waals surface area contributed by atoms with Crippen LogP contribution in [0.4, 0.5) is 17.2 Å². The lowest BCUT2D eigenvalue weighted by Gasteiger charge is -2.07. The number of benzene rings is 1. The first-order chi connectivity index (χ1) is 11.9. The summed E-state index contributed by atoms with van der Waals surface area (Å²) in [5.74, 6) is -0.0147. The molecule has 3 aromatic rings. The van der Waals surface area contributed by atoms with Gasteiger partial charge in [0.25, 0.3) is 5.69 Å². The smallest absolute Gasteiger partial charge is 0.348 e. The molecule has 0 atom stereocenters. The molecule has 1 aromatic carbocycles. The zero-order valence-electron chi connectivity index (χ0n) is 13.1. The number of carbonyl (C=O) groups is 1. The van der Waals surface area contributed by atoms with E-state index in [4.69, 9.17) is 16.3 Å². The minimum atomic E-state index is -0.561. The number of nitro benzene ring substituents is 1. The molecule has 0 saturated carbocycles. The van der Waals surface area contributed by atoms with Gasteiger partial charge in [-0.05, 0) is 24.6 Å². The van der Waals surface area contributed by atoms with Crippen LogP contribution >= 0.6 is 22.9 Å². The third-order valence-electron chi connectivity index (χ3n) is 3.50. The molecule has 0 fully saturated rings. The molecule has 8 nitrogen and oxygen atoms in total. The number of rotatable bonds is 4. The molecule has 0 aliphatic heterocycles. The zero-order chi connectivity index (χ0) is 18.1. The van der Waals surface area contributed by atoms with Gasteiger partial charge in [0, 0.05) is 11.8 Å². The van der Waals surface area contributed by atoms with Crippen LogP contribution in [-0.4, -0.2) is 28.0 Å². The van der Waals surface area contributed by atoms with Crippen molar-refractivity contribution in [2.75, 3.05) is 12.4 Å². The van der Waals surface area contributed by atoms with Crippen molar-refractivity contribution in [1.29, 1.82) is 0 Å². The maximum Gasteiger partial charge on any atom is 0.348 e. The Morgan fingerprint density at radius 2 is 2.16 bits per heavy atom. The van der Waals surface area contributed by atoms with E-state index in [9.17, 15) is 14.9 Å². The molecule has 2 aromatic heterocycles. The van der Waals surface area contributed by atoms with Crippen LogP contribution in [0, 0.1) is 17.0 Å². The average Bonchev–Trinajstić information content (AvgIpc) is 2.93. The van der Waals surface area contributed by atoms with Gasteiger partial charge in [-0.1, -0.05) is 11.6 Å². The summed E-state index contributed by atoms with van der Waals surface area (Å²) in [5.41, 5.74) is 0.911. The Kier molecular flexibility index (Phi) is 4.51. The molecule has 1 N–H and O–H groups in total. The molecular weight excluding hydrogens is 368 g/mol. The summed E-state index contributed by atoms with van der Waals surface area (Å²) in [6.07, 6.45) is 1.35. The summed E-state index contributed by atoms with van der Waals surface area (Å²) in [7, 11) is 1.31. The number of nitro groups is 1. The van der Waals surface area contributed by atoms with Crippen molar-refractivity contribution in [2.24, 2.45) is 0 Å². The number of thiophene rings is 1. The van der Waals surface area contributed by atoms with Crippen molar-refractivity contribution in [2.45, 2.75) is 6.92 Å². The van der Waals surface area contributed by atoms with Gasteiger partial charge in [-0.15, -0.1) is 11.3 Å². The highest BCUT2D eigenvalue weighted by Gasteiger charge is 2.20. The second kappa shape index (κ2) is 6.61. The number of aryl methyl sites for hydroxylation is 1. The standard InChI is InChI=1S/C15H11ClN4O4S/c1-7-11-13(17-6-18-14(11)25-12(7)15(21)24-2)19-8-3-4-9(16)10(5-8)20(22)23/h3-6H,1-2H3,(H,17,18,19). The third-order valence-corrected chi connectivity index (χ3v) is 5.00. The molecule has 0 saturated heterocycles. The van der Waals surface area contributed by atoms with Crippen LogP contribution in [0.25, 0.3) is 10.2 Å². The summed E-state index contributed by atoms with van der Waals surface area (Å²) >= 11 is 7.02. The van der Waals surface area contributed by atoms with Crippen molar-refractivity contribution < 1.29 is 14.5 Å². The number of halogens is 1. The van der Waals surface area contributed by atoms with Crippen molar-refractivity contribution in [3.63, 3.8) is 0 Å². The second-order valence-corrected chi connectivity index (χ2v) is 6.40. The first kappa shape index (κ1) is 17.1. The van der Waals surface area contributed by atoms with Gasteiger partial charge in [0.2, 0.25) is 0 Å². The maximum absolute atomic E-state index is 11.9. The van der Waals surface area contributed by atoms with Crippen molar-refractivity contribution in [3.05, 3.63) is 50.1 Å². The predicted molar refractivity (Wildman–Crippen MR) is 94.9 cm³/mol. The monoisotopic (exact) mass is 378 g/mol. The molecule has 128 valence electrons. The molecule has 0 aliphatic rings. The summed E-state index contributed by atoms with van der Waals surface area (Å²) in [4.78, 5) is 31.7. The van der Waals surface area contributed by atoms with E-state index in [0.717, 1.165) is 0 Å². The molecule has 0 aliphatic carbocycles. The number of fused-ring (bicyclic) bond motifs is 1. The molecule has 0 bridgehead atoms. The molecule has 0 unspecified atom stereocenters. The van der Waals surface area contributed by atoms with Crippen LogP contribution in [-0.2, 0) is 4.74 Å². The molecule has 2 heterocycles. The Morgan fingerprint density at radius 3 is 2.84 bits per heavy atom. The van der Waals surface area contributed by atoms with E-state index < -0.39 is 10.9 Å². The number of esters is 1. The Hall–Kier alpha value is -2.78. The Balaban J connectivity index is 2.08. The summed E-state index contributed by atoms with van der Waals surface area (Å²) in [5, 5.41) is 14.7. The first-order valence-corrected chi connectivity index (χ1v) is 8.15. The lowest BCUT2D eigenvalue weighted by atomic mass is 10.2. The number of aromatic nitrogens is 2. The minimum absolute atomic E-state index is 0.0445. The largest absolute Gasteiger partial charge is 0.465 e.